The second-order valence-corrected chi connectivity index (χ2v) is 9.52. The van der Waals surface area contributed by atoms with E-state index in [-0.39, 0.29) is 11.8 Å². The zero-order valence-electron chi connectivity index (χ0n) is 18.8. The number of rotatable bonds is 7. The van der Waals surface area contributed by atoms with Crippen molar-refractivity contribution in [3.8, 4) is 16.5 Å². The maximum absolute atomic E-state index is 11.3. The molecule has 33 heavy (non-hydrogen) atoms. The molecule has 9 nitrogen and oxygen atoms in total. The number of thiazole rings is 1. The molecule has 0 unspecified atom stereocenters. The van der Waals surface area contributed by atoms with E-state index in [2.05, 4.69) is 25.3 Å². The lowest BCUT2D eigenvalue weighted by Gasteiger charge is -2.35. The first kappa shape index (κ1) is 23.1. The predicted octanol–water partition coefficient (Wildman–Crippen LogP) is 4.15. The molecule has 3 heterocycles. The minimum Gasteiger partial charge on any atom is -0.481 e. The maximum atomic E-state index is 11.3. The van der Waals surface area contributed by atoms with Crippen LogP contribution in [0.5, 0.6) is 5.88 Å². The Labute approximate surface area is 195 Å². The minimum absolute atomic E-state index is 0.0407. The molecule has 3 N–H and O–H groups in total. The Morgan fingerprint density at radius 3 is 2.64 bits per heavy atom. The quantitative estimate of drug-likeness (QED) is 0.467. The third-order valence-electron chi connectivity index (χ3n) is 6.12. The Morgan fingerprint density at radius 1 is 1.21 bits per heavy atom. The van der Waals surface area contributed by atoms with E-state index >= 15 is 0 Å². The molecule has 0 saturated heterocycles. The van der Waals surface area contributed by atoms with E-state index in [0.717, 1.165) is 16.3 Å². The van der Waals surface area contributed by atoms with Crippen LogP contribution in [-0.4, -0.2) is 43.2 Å². The van der Waals surface area contributed by atoms with E-state index in [9.17, 15) is 15.0 Å². The number of carboxylic acids is 1. The highest BCUT2D eigenvalue weighted by Crippen LogP contribution is 2.43. The van der Waals surface area contributed by atoms with Crippen LogP contribution in [-0.2, 0) is 10.4 Å². The number of nitrogens with zero attached hydrogens (tertiary/aromatic N) is 4. The number of anilines is 2. The van der Waals surface area contributed by atoms with Gasteiger partial charge in [-0.25, -0.2) is 19.9 Å². The molecule has 0 aromatic carbocycles. The average molecular weight is 470 g/mol. The monoisotopic (exact) mass is 469 g/mol. The smallest absolute Gasteiger partial charge is 0.306 e. The van der Waals surface area contributed by atoms with Gasteiger partial charge in [0.1, 0.15) is 10.6 Å². The molecule has 0 bridgehead atoms. The number of nitrogens with one attached hydrogen (secondary N) is 1. The van der Waals surface area contributed by atoms with Gasteiger partial charge in [-0.15, -0.1) is 11.3 Å². The van der Waals surface area contributed by atoms with Gasteiger partial charge >= 0.3 is 5.97 Å². The van der Waals surface area contributed by atoms with Gasteiger partial charge in [0.15, 0.2) is 0 Å². The molecule has 0 amide bonds. The summed E-state index contributed by atoms with van der Waals surface area (Å²) in [6.07, 6.45) is 5.84. The van der Waals surface area contributed by atoms with E-state index in [4.69, 9.17) is 4.74 Å². The maximum Gasteiger partial charge on any atom is 0.306 e. The fourth-order valence-corrected chi connectivity index (χ4v) is 5.15. The molecule has 10 heteroatoms. The zero-order chi connectivity index (χ0) is 23.6. The van der Waals surface area contributed by atoms with Gasteiger partial charge in [-0.1, -0.05) is 0 Å². The summed E-state index contributed by atoms with van der Waals surface area (Å²) in [6, 6.07) is 5.44. The lowest BCUT2D eigenvalue weighted by molar-refractivity contribution is -0.144. The second-order valence-electron chi connectivity index (χ2n) is 8.49. The molecular formula is C23H27N5O4S. The summed E-state index contributed by atoms with van der Waals surface area (Å²) < 4.78 is 5.37. The Kier molecular flexibility index (Phi) is 6.57. The van der Waals surface area contributed by atoms with Crippen molar-refractivity contribution in [3.05, 3.63) is 41.3 Å². The van der Waals surface area contributed by atoms with Crippen LogP contribution in [0.4, 0.5) is 11.6 Å². The first-order chi connectivity index (χ1) is 15.8. The highest BCUT2D eigenvalue weighted by molar-refractivity contribution is 7.15. The van der Waals surface area contributed by atoms with E-state index in [0.29, 0.717) is 48.2 Å². The van der Waals surface area contributed by atoms with Crippen LogP contribution in [0.25, 0.3) is 10.6 Å². The molecule has 174 valence electrons. The Morgan fingerprint density at radius 2 is 1.97 bits per heavy atom. The van der Waals surface area contributed by atoms with Gasteiger partial charge in [0.2, 0.25) is 11.8 Å². The average Bonchev–Trinajstić information content (AvgIpc) is 3.30. The van der Waals surface area contributed by atoms with Crippen molar-refractivity contribution < 1.29 is 19.7 Å². The Balaban J connectivity index is 1.56. The number of aryl methyl sites for hydroxylation is 1. The van der Waals surface area contributed by atoms with Gasteiger partial charge in [0.05, 0.1) is 23.6 Å². The number of aliphatic hydroxyl groups is 1. The van der Waals surface area contributed by atoms with Gasteiger partial charge in [0, 0.05) is 29.8 Å². The summed E-state index contributed by atoms with van der Waals surface area (Å²) in [5.74, 6) is -0.223. The first-order valence-electron chi connectivity index (χ1n) is 10.8. The molecule has 1 saturated carbocycles. The number of aliphatic carboxylic acids is 1. The molecular weight excluding hydrogens is 442 g/mol. The molecule has 1 aliphatic carbocycles. The van der Waals surface area contributed by atoms with Gasteiger partial charge in [-0.3, -0.25) is 4.79 Å². The number of carboxylic acid groups (broad SMARTS) is 1. The summed E-state index contributed by atoms with van der Waals surface area (Å²) in [7, 11) is 1.55. The number of aromatic nitrogens is 4. The van der Waals surface area contributed by atoms with E-state index in [1.165, 1.54) is 11.3 Å². The topological polar surface area (TPSA) is 130 Å². The number of ether oxygens (including phenoxy) is 1. The normalized spacial score (nSPS) is 20.1. The molecule has 1 atom stereocenters. The lowest BCUT2D eigenvalue weighted by atomic mass is 9.74. The number of methoxy groups -OCH3 is 1. The van der Waals surface area contributed by atoms with Gasteiger partial charge < -0.3 is 20.3 Å². The molecule has 1 fully saturated rings. The van der Waals surface area contributed by atoms with Crippen molar-refractivity contribution >= 4 is 28.9 Å². The Hall–Kier alpha value is -3.11. The van der Waals surface area contributed by atoms with Crippen LogP contribution in [0.2, 0.25) is 0 Å². The minimum atomic E-state index is -1.14. The van der Waals surface area contributed by atoms with Crippen LogP contribution in [0.1, 0.15) is 43.3 Å². The first-order valence-corrected chi connectivity index (χ1v) is 11.6. The van der Waals surface area contributed by atoms with E-state index in [1.54, 1.807) is 32.5 Å². The van der Waals surface area contributed by atoms with E-state index in [1.807, 2.05) is 19.1 Å². The summed E-state index contributed by atoms with van der Waals surface area (Å²) in [5, 5.41) is 24.3. The molecule has 1 aliphatic rings. The molecule has 0 spiro atoms. The van der Waals surface area contributed by atoms with Crippen molar-refractivity contribution in [2.45, 2.75) is 45.1 Å². The lowest BCUT2D eigenvalue weighted by Crippen LogP contribution is -2.35. The number of carbonyl (C=O) groups is 1. The van der Waals surface area contributed by atoms with Crippen LogP contribution in [0.15, 0.2) is 30.6 Å². The summed E-state index contributed by atoms with van der Waals surface area (Å²) in [6.45, 7) is 3.66. The summed E-state index contributed by atoms with van der Waals surface area (Å²) >= 11 is 1.38. The highest BCUT2D eigenvalue weighted by atomic mass is 32.1. The van der Waals surface area contributed by atoms with Gasteiger partial charge in [-0.2, -0.15) is 0 Å². The van der Waals surface area contributed by atoms with Crippen LogP contribution >= 0.6 is 11.3 Å². The standard InChI is InChI=1S/C23H27N5O4S/c1-13-8-9-24-22(26-13)27-16-10-17(28-19(11-16)32-3)18-12-25-21(33-18)23(2,31)15-6-4-14(5-7-15)20(29)30/h8-12,14-15,31H,4-7H2,1-3H3,(H,29,30)(H,24,26,27,28)/t14-,15-,23-/m1/s1. The van der Waals surface area contributed by atoms with Crippen molar-refractivity contribution in [2.24, 2.45) is 11.8 Å². The highest BCUT2D eigenvalue weighted by Gasteiger charge is 2.40. The van der Waals surface area contributed by atoms with Crippen LogP contribution < -0.4 is 10.1 Å². The van der Waals surface area contributed by atoms with Crippen molar-refractivity contribution in [3.63, 3.8) is 0 Å². The fourth-order valence-electron chi connectivity index (χ4n) is 4.15. The fraction of sp³-hybridized carbons (Fsp3) is 0.435. The van der Waals surface area contributed by atoms with E-state index < -0.39 is 11.6 Å². The number of pyridine rings is 1. The summed E-state index contributed by atoms with van der Waals surface area (Å²) in [4.78, 5) is 29.7. The Bertz CT molecular complexity index is 1140. The van der Waals surface area contributed by atoms with Crippen LogP contribution in [0, 0.1) is 18.8 Å². The molecule has 3 aromatic rings. The molecule has 4 rings (SSSR count). The molecule has 0 aliphatic heterocycles. The SMILES string of the molecule is COc1cc(Nc2nccc(C)n2)cc(-c2cnc([C@](C)(O)[C@H]3CC[C@H](C(=O)O)CC3)s2)n1. The second kappa shape index (κ2) is 9.40. The van der Waals surface area contributed by atoms with Crippen molar-refractivity contribution in [1.82, 2.24) is 19.9 Å². The van der Waals surface area contributed by atoms with Crippen molar-refractivity contribution in [2.75, 3.05) is 12.4 Å². The van der Waals surface area contributed by atoms with Crippen molar-refractivity contribution in [1.29, 1.82) is 0 Å². The van der Waals surface area contributed by atoms with Crippen LogP contribution in [0.3, 0.4) is 0 Å². The van der Waals surface area contributed by atoms with Gasteiger partial charge in [-0.05, 0) is 57.6 Å². The largest absolute Gasteiger partial charge is 0.481 e. The zero-order valence-corrected chi connectivity index (χ0v) is 19.6. The molecule has 3 aromatic heterocycles. The van der Waals surface area contributed by atoms with Gasteiger partial charge in [0.25, 0.3) is 0 Å². The third-order valence-corrected chi connectivity index (χ3v) is 7.37. The molecule has 0 radical (unpaired) electrons. The third kappa shape index (κ3) is 5.12. The predicted molar refractivity (Wildman–Crippen MR) is 125 cm³/mol. The number of hydrogen-bond acceptors (Lipinski definition) is 9. The summed E-state index contributed by atoms with van der Waals surface area (Å²) in [5.41, 5.74) is 1.08. The number of hydrogen-bond donors (Lipinski definition) is 3.